The molecule has 0 aliphatic heterocycles. The molecule has 0 aromatic heterocycles. The second kappa shape index (κ2) is 8.88. The lowest BCUT2D eigenvalue weighted by atomic mass is 10.2. The van der Waals surface area contributed by atoms with E-state index in [4.69, 9.17) is 10.5 Å². The molecule has 1 unspecified atom stereocenters. The Bertz CT molecular complexity index is 614. The molecule has 0 aliphatic carbocycles. The van der Waals surface area contributed by atoms with E-state index in [1.54, 1.807) is 0 Å². The first-order chi connectivity index (χ1) is 10.7. The number of nitrogens with two attached hydrogens (primary N) is 1. The number of amides is 1. The van der Waals surface area contributed by atoms with Gasteiger partial charge in [-0.2, -0.15) is 0 Å². The molecule has 0 saturated heterocycles. The summed E-state index contributed by atoms with van der Waals surface area (Å²) in [4.78, 5) is 11.9. The Labute approximate surface area is 138 Å². The zero-order chi connectivity index (χ0) is 17.5. The minimum absolute atomic E-state index is 0.0971. The standard InChI is InChI=1S/C16H26N2O4S/c1-12(2)11-22-14-6-4-5-13(9-14)10-18-16(19)15(17)7-8-23(3,20)21/h4-6,9,12,15H,7-8,10-11,17H2,1-3H3,(H,18,19). The molecule has 0 aliphatic rings. The molecule has 1 aromatic carbocycles. The molecular weight excluding hydrogens is 316 g/mol. The number of hydrogen-bond acceptors (Lipinski definition) is 5. The summed E-state index contributed by atoms with van der Waals surface area (Å²) in [6, 6.07) is 6.65. The van der Waals surface area contributed by atoms with Crippen LogP contribution in [0.1, 0.15) is 25.8 Å². The Kier molecular flexibility index (Phi) is 7.51. The van der Waals surface area contributed by atoms with E-state index < -0.39 is 15.9 Å². The van der Waals surface area contributed by atoms with E-state index in [-0.39, 0.29) is 18.1 Å². The molecule has 0 spiro atoms. The summed E-state index contributed by atoms with van der Waals surface area (Å²) in [6.07, 6.45) is 1.24. The van der Waals surface area contributed by atoms with Gasteiger partial charge in [-0.15, -0.1) is 0 Å². The number of sulfone groups is 1. The lowest BCUT2D eigenvalue weighted by Crippen LogP contribution is -2.41. The fraction of sp³-hybridized carbons (Fsp3) is 0.562. The Morgan fingerprint density at radius 3 is 2.65 bits per heavy atom. The third kappa shape index (κ3) is 8.56. The Balaban J connectivity index is 2.47. The number of ether oxygens (including phenoxy) is 1. The summed E-state index contributed by atoms with van der Waals surface area (Å²) in [5.41, 5.74) is 6.60. The summed E-state index contributed by atoms with van der Waals surface area (Å²) < 4.78 is 27.8. The molecule has 3 N–H and O–H groups in total. The molecule has 7 heteroatoms. The van der Waals surface area contributed by atoms with E-state index >= 15 is 0 Å². The maximum atomic E-state index is 11.9. The fourth-order valence-corrected chi connectivity index (χ4v) is 2.48. The monoisotopic (exact) mass is 342 g/mol. The molecule has 0 saturated carbocycles. The van der Waals surface area contributed by atoms with Gasteiger partial charge >= 0.3 is 0 Å². The van der Waals surface area contributed by atoms with Crippen LogP contribution in [-0.2, 0) is 21.2 Å². The minimum atomic E-state index is -3.12. The highest BCUT2D eigenvalue weighted by atomic mass is 32.2. The van der Waals surface area contributed by atoms with E-state index in [0.717, 1.165) is 17.6 Å². The van der Waals surface area contributed by atoms with Gasteiger partial charge in [0.2, 0.25) is 5.91 Å². The summed E-state index contributed by atoms with van der Waals surface area (Å²) in [5.74, 6) is 0.736. The van der Waals surface area contributed by atoms with Crippen LogP contribution < -0.4 is 15.8 Å². The lowest BCUT2D eigenvalue weighted by molar-refractivity contribution is -0.122. The molecule has 1 atom stereocenters. The molecule has 130 valence electrons. The van der Waals surface area contributed by atoms with Crippen LogP contribution in [0.3, 0.4) is 0 Å². The number of hydrogen-bond donors (Lipinski definition) is 2. The van der Waals surface area contributed by atoms with Crippen molar-refractivity contribution in [1.82, 2.24) is 5.32 Å². The highest BCUT2D eigenvalue weighted by Crippen LogP contribution is 2.14. The maximum absolute atomic E-state index is 11.9. The van der Waals surface area contributed by atoms with Gasteiger partial charge in [0.15, 0.2) is 0 Å². The SMILES string of the molecule is CC(C)COc1cccc(CNC(=O)C(N)CCS(C)(=O)=O)c1. The van der Waals surface area contributed by atoms with Crippen LogP contribution in [0.15, 0.2) is 24.3 Å². The van der Waals surface area contributed by atoms with Crippen LogP contribution in [0, 0.1) is 5.92 Å². The Hall–Kier alpha value is -1.60. The maximum Gasteiger partial charge on any atom is 0.237 e. The topological polar surface area (TPSA) is 98.5 Å². The van der Waals surface area contributed by atoms with Crippen LogP contribution in [0.2, 0.25) is 0 Å². The molecular formula is C16H26N2O4S. The molecule has 0 radical (unpaired) electrons. The predicted molar refractivity (Wildman–Crippen MR) is 90.9 cm³/mol. The van der Waals surface area contributed by atoms with Gasteiger partial charge in [-0.1, -0.05) is 26.0 Å². The van der Waals surface area contributed by atoms with E-state index in [1.807, 2.05) is 24.3 Å². The van der Waals surface area contributed by atoms with Crippen molar-refractivity contribution >= 4 is 15.7 Å². The van der Waals surface area contributed by atoms with Gasteiger partial charge in [0.05, 0.1) is 18.4 Å². The smallest absolute Gasteiger partial charge is 0.237 e. The number of nitrogens with one attached hydrogen (secondary N) is 1. The highest BCUT2D eigenvalue weighted by Gasteiger charge is 2.15. The first kappa shape index (κ1) is 19.4. The minimum Gasteiger partial charge on any atom is -0.493 e. The fourth-order valence-electron chi connectivity index (χ4n) is 1.80. The highest BCUT2D eigenvalue weighted by molar-refractivity contribution is 7.90. The van der Waals surface area contributed by atoms with Crippen molar-refractivity contribution in [3.05, 3.63) is 29.8 Å². The van der Waals surface area contributed by atoms with Crippen molar-refractivity contribution in [3.8, 4) is 5.75 Å². The van der Waals surface area contributed by atoms with Crippen LogP contribution >= 0.6 is 0 Å². The predicted octanol–water partition coefficient (Wildman–Crippen LogP) is 1.10. The van der Waals surface area contributed by atoms with Gasteiger partial charge in [-0.05, 0) is 30.0 Å². The molecule has 1 amide bonds. The summed E-state index contributed by atoms with van der Waals surface area (Å²) >= 11 is 0. The van der Waals surface area contributed by atoms with Gasteiger partial charge < -0.3 is 15.8 Å². The van der Waals surface area contributed by atoms with E-state index in [9.17, 15) is 13.2 Å². The van der Waals surface area contributed by atoms with Gasteiger partial charge in [-0.25, -0.2) is 8.42 Å². The third-order valence-electron chi connectivity index (χ3n) is 3.08. The van der Waals surface area contributed by atoms with Crippen molar-refractivity contribution < 1.29 is 17.9 Å². The molecule has 6 nitrogen and oxygen atoms in total. The molecule has 0 bridgehead atoms. The lowest BCUT2D eigenvalue weighted by Gasteiger charge is -2.13. The molecule has 1 rings (SSSR count). The number of carbonyl (C=O) groups excluding carboxylic acids is 1. The summed E-state index contributed by atoms with van der Waals surface area (Å²) in [5, 5.41) is 2.71. The van der Waals surface area contributed by atoms with Gasteiger partial charge in [0.25, 0.3) is 0 Å². The van der Waals surface area contributed by atoms with Crippen LogP contribution in [0.5, 0.6) is 5.75 Å². The van der Waals surface area contributed by atoms with E-state index in [0.29, 0.717) is 19.1 Å². The van der Waals surface area contributed by atoms with Crippen LogP contribution in [-0.4, -0.2) is 39.0 Å². The van der Waals surface area contributed by atoms with Gasteiger partial charge in [-0.3, -0.25) is 4.79 Å². The van der Waals surface area contributed by atoms with Gasteiger partial charge in [0.1, 0.15) is 15.6 Å². The molecule has 0 heterocycles. The number of rotatable bonds is 9. The second-order valence-electron chi connectivity index (χ2n) is 6.10. The van der Waals surface area contributed by atoms with E-state index in [1.165, 1.54) is 0 Å². The largest absolute Gasteiger partial charge is 0.493 e. The van der Waals surface area contributed by atoms with Crippen molar-refractivity contribution in [1.29, 1.82) is 0 Å². The van der Waals surface area contributed by atoms with Crippen molar-refractivity contribution in [2.24, 2.45) is 11.7 Å². The third-order valence-corrected chi connectivity index (χ3v) is 4.06. The second-order valence-corrected chi connectivity index (χ2v) is 8.35. The van der Waals surface area contributed by atoms with Crippen LogP contribution in [0.25, 0.3) is 0 Å². The first-order valence-electron chi connectivity index (χ1n) is 7.60. The van der Waals surface area contributed by atoms with E-state index in [2.05, 4.69) is 19.2 Å². The van der Waals surface area contributed by atoms with Crippen molar-refractivity contribution in [2.45, 2.75) is 32.9 Å². The Morgan fingerprint density at radius 2 is 2.04 bits per heavy atom. The van der Waals surface area contributed by atoms with Crippen LogP contribution in [0.4, 0.5) is 0 Å². The zero-order valence-corrected chi connectivity index (χ0v) is 14.7. The summed E-state index contributed by atoms with van der Waals surface area (Å²) in [6.45, 7) is 5.10. The van der Waals surface area contributed by atoms with Crippen molar-refractivity contribution in [3.63, 3.8) is 0 Å². The van der Waals surface area contributed by atoms with Gasteiger partial charge in [0, 0.05) is 12.8 Å². The molecule has 23 heavy (non-hydrogen) atoms. The molecule has 0 fully saturated rings. The normalized spacial score (nSPS) is 12.9. The zero-order valence-electron chi connectivity index (χ0n) is 13.9. The van der Waals surface area contributed by atoms with Crippen molar-refractivity contribution in [2.75, 3.05) is 18.6 Å². The number of carbonyl (C=O) groups is 1. The number of benzene rings is 1. The quantitative estimate of drug-likeness (QED) is 0.700. The Morgan fingerprint density at radius 1 is 1.35 bits per heavy atom. The molecule has 1 aromatic rings. The summed E-state index contributed by atoms with van der Waals surface area (Å²) in [7, 11) is -3.12. The average Bonchev–Trinajstić information content (AvgIpc) is 2.47. The average molecular weight is 342 g/mol. The first-order valence-corrected chi connectivity index (χ1v) is 9.66.